The van der Waals surface area contributed by atoms with Crippen LogP contribution in [0.25, 0.3) is 0 Å². The zero-order valence-electron chi connectivity index (χ0n) is 24.8. The number of carboxylic acid groups (broad SMARTS) is 2. The molecule has 0 saturated carbocycles. The van der Waals surface area contributed by atoms with Gasteiger partial charge in [0.05, 0.1) is 12.0 Å². The second-order valence-corrected chi connectivity index (χ2v) is 12.4. The van der Waals surface area contributed by atoms with Crippen molar-refractivity contribution in [2.75, 3.05) is 24.6 Å². The number of rotatable bonds is 13. The fourth-order valence-electron chi connectivity index (χ4n) is 4.20. The van der Waals surface area contributed by atoms with Crippen LogP contribution in [0, 0.1) is 0 Å². The molecule has 1 unspecified atom stereocenters. The number of carbonyl (C=O) groups is 5. The van der Waals surface area contributed by atoms with E-state index in [2.05, 4.69) is 32.5 Å². The summed E-state index contributed by atoms with van der Waals surface area (Å²) in [7, 11) is 0. The van der Waals surface area contributed by atoms with Gasteiger partial charge in [0.2, 0.25) is 5.60 Å². The Morgan fingerprint density at radius 2 is 2.00 bits per heavy atom. The zero-order chi connectivity index (χ0) is 34.6. The predicted molar refractivity (Wildman–Crippen MR) is 167 cm³/mol. The number of nitrogen functional groups attached to an aromatic ring is 1. The number of thiazole rings is 1. The van der Waals surface area contributed by atoms with Crippen molar-refractivity contribution in [2.45, 2.75) is 37.3 Å². The lowest BCUT2D eigenvalue weighted by molar-refractivity contribution is -0.161. The number of nitrogens with two attached hydrogens (primary N) is 1. The molecule has 3 heterocycles. The van der Waals surface area contributed by atoms with Crippen LogP contribution in [-0.4, -0.2) is 107 Å². The van der Waals surface area contributed by atoms with Crippen LogP contribution in [-0.2, 0) is 33.6 Å². The smallest absolute Gasteiger partial charge is 0.352 e. The maximum atomic E-state index is 13.3. The van der Waals surface area contributed by atoms with Gasteiger partial charge in [0.15, 0.2) is 16.6 Å². The lowest BCUT2D eigenvalue weighted by atomic mass is 9.99. The van der Waals surface area contributed by atoms with Crippen LogP contribution in [0.2, 0.25) is 0 Å². The van der Waals surface area contributed by atoms with E-state index >= 15 is 0 Å². The highest BCUT2D eigenvalue weighted by molar-refractivity contribution is 8.00. The summed E-state index contributed by atoms with van der Waals surface area (Å²) in [6.45, 7) is 5.60. The highest BCUT2D eigenvalue weighted by Gasteiger charge is 2.54. The van der Waals surface area contributed by atoms with Gasteiger partial charge < -0.3 is 46.5 Å². The molecule has 20 heteroatoms. The summed E-state index contributed by atoms with van der Waals surface area (Å²) < 4.78 is 0. The average molecular weight is 692 g/mol. The molecule has 2 atom stereocenters. The number of aliphatic hydroxyl groups is 2. The van der Waals surface area contributed by atoms with Gasteiger partial charge in [0.25, 0.3) is 17.7 Å². The van der Waals surface area contributed by atoms with Gasteiger partial charge in [-0.25, -0.2) is 14.6 Å². The normalized spacial score (nSPS) is 20.6. The minimum Gasteiger partial charge on any atom is -0.508 e. The third kappa shape index (κ3) is 7.38. The van der Waals surface area contributed by atoms with E-state index in [0.29, 0.717) is 0 Å². The van der Waals surface area contributed by atoms with Crippen molar-refractivity contribution in [3.05, 3.63) is 58.2 Å². The van der Waals surface area contributed by atoms with Crippen molar-refractivity contribution < 1.29 is 54.1 Å². The van der Waals surface area contributed by atoms with Gasteiger partial charge in [-0.15, -0.1) is 23.1 Å². The third-order valence-corrected chi connectivity index (χ3v) is 8.71. The summed E-state index contributed by atoms with van der Waals surface area (Å²) in [6, 6.07) is -1.20. The van der Waals surface area contributed by atoms with Crippen LogP contribution >= 0.6 is 23.1 Å². The highest BCUT2D eigenvalue weighted by Crippen LogP contribution is 2.40. The van der Waals surface area contributed by atoms with Gasteiger partial charge in [-0.05, 0) is 25.5 Å². The van der Waals surface area contributed by atoms with Crippen LogP contribution in [0.1, 0.15) is 26.0 Å². The van der Waals surface area contributed by atoms with Gasteiger partial charge in [0.1, 0.15) is 40.9 Å². The van der Waals surface area contributed by atoms with Gasteiger partial charge in [0, 0.05) is 17.7 Å². The molecule has 250 valence electrons. The third-order valence-electron chi connectivity index (χ3n) is 6.69. The minimum atomic E-state index is -1.82. The number of aliphatic carboxylic acids is 2. The largest absolute Gasteiger partial charge is 0.508 e. The zero-order valence-corrected chi connectivity index (χ0v) is 26.4. The molecule has 2 aliphatic heterocycles. The summed E-state index contributed by atoms with van der Waals surface area (Å²) in [5.74, 6) is -6.25. The van der Waals surface area contributed by atoms with E-state index in [4.69, 9.17) is 15.4 Å². The van der Waals surface area contributed by atoms with E-state index in [9.17, 15) is 44.4 Å². The molecular weight excluding hydrogens is 662 g/mol. The lowest BCUT2D eigenvalue weighted by Gasteiger charge is -2.49. The molecule has 1 saturated heterocycles. The molecule has 1 fully saturated rings. The molecule has 8 N–H and O–H groups in total. The van der Waals surface area contributed by atoms with E-state index in [-0.39, 0.29) is 53.0 Å². The van der Waals surface area contributed by atoms with E-state index in [1.165, 1.54) is 25.3 Å². The molecule has 1 aliphatic carbocycles. The molecule has 18 nitrogen and oxygen atoms in total. The highest BCUT2D eigenvalue weighted by atomic mass is 32.2. The number of fused-ring (bicyclic) bond motifs is 1. The number of anilines is 1. The fraction of sp³-hybridized carbons (Fsp3) is 0.333. The molecule has 3 aliphatic rings. The van der Waals surface area contributed by atoms with Crippen LogP contribution in [0.3, 0.4) is 0 Å². The number of β-lactam (4-membered cyclic amide) rings is 1. The second kappa shape index (κ2) is 14.0. The number of aliphatic hydroxyl groups excluding tert-OH is 2. The van der Waals surface area contributed by atoms with E-state index < -0.39 is 69.6 Å². The van der Waals surface area contributed by atoms with Gasteiger partial charge in [-0.2, -0.15) is 0 Å². The Kier molecular flexibility index (Phi) is 10.2. The Hall–Kier alpha value is -5.37. The number of carbonyl (C=O) groups excluding carboxylic acids is 3. The summed E-state index contributed by atoms with van der Waals surface area (Å²) in [6.07, 6.45) is 2.09. The maximum Gasteiger partial charge on any atom is 0.352 e. The molecule has 0 bridgehead atoms. The van der Waals surface area contributed by atoms with Crippen LogP contribution in [0.4, 0.5) is 5.13 Å². The fourth-order valence-corrected chi connectivity index (χ4v) is 6.10. The Bertz CT molecular complexity index is 1690. The lowest BCUT2D eigenvalue weighted by Crippen LogP contribution is -2.71. The quantitative estimate of drug-likeness (QED) is 0.0484. The number of aromatic nitrogens is 1. The summed E-state index contributed by atoms with van der Waals surface area (Å²) in [5, 5.41) is 52.3. The van der Waals surface area contributed by atoms with Crippen molar-refractivity contribution in [3.8, 4) is 0 Å². The van der Waals surface area contributed by atoms with Gasteiger partial charge in [-0.3, -0.25) is 19.3 Å². The molecular formula is C27H29N7O11S2. The van der Waals surface area contributed by atoms with E-state index in [1.807, 2.05) is 0 Å². The predicted octanol–water partition coefficient (Wildman–Crippen LogP) is 0.380. The minimum absolute atomic E-state index is 0.00171. The summed E-state index contributed by atoms with van der Waals surface area (Å²) in [5.41, 5.74) is 3.01. The van der Waals surface area contributed by atoms with Gasteiger partial charge >= 0.3 is 11.9 Å². The number of nitrogens with one attached hydrogen (secondary N) is 2. The van der Waals surface area contributed by atoms with Crippen molar-refractivity contribution in [3.63, 3.8) is 0 Å². The van der Waals surface area contributed by atoms with Gasteiger partial charge in [-0.1, -0.05) is 23.0 Å². The monoisotopic (exact) mass is 691 g/mol. The van der Waals surface area contributed by atoms with E-state index in [0.717, 1.165) is 34.1 Å². The number of oxime groups is 2. The molecule has 1 aromatic rings. The first-order chi connectivity index (χ1) is 22.2. The van der Waals surface area contributed by atoms with E-state index in [1.54, 1.807) is 0 Å². The number of hydrogen-bond donors (Lipinski definition) is 7. The number of nitrogens with zero attached hydrogens (tertiary/aromatic N) is 4. The van der Waals surface area contributed by atoms with Crippen molar-refractivity contribution in [2.24, 2.45) is 10.3 Å². The first-order valence-corrected chi connectivity index (χ1v) is 15.4. The standard InChI is InChI=1S/C27H29N7O11S2/c1-4-5-44-32-13-7-16(36)15(35)6-12(13)20(37)29-8-11-9-46-23-18(22(39)34(23)19(11)24(40)41)31-21(38)17(14-10-47-26(28)30-14)33-45-27(2,3)25(42)43/h4,6,10,18,23,35-36H,1,5,7-9H2,2-3H3,(H2,28,30)(H,29,37)(H,31,38)(H,40,41)(H,42,43)/b32-13?,33-17-/t18?,23-/m0/s1. The molecule has 4 rings (SSSR count). The summed E-state index contributed by atoms with van der Waals surface area (Å²) in [4.78, 5) is 78.3. The van der Waals surface area contributed by atoms with Crippen LogP contribution in [0.15, 0.2) is 62.8 Å². The maximum absolute atomic E-state index is 13.3. The van der Waals surface area contributed by atoms with Crippen molar-refractivity contribution >= 4 is 69.3 Å². The Morgan fingerprint density at radius 1 is 1.28 bits per heavy atom. The first kappa shape index (κ1) is 34.5. The summed E-state index contributed by atoms with van der Waals surface area (Å²) >= 11 is 2.10. The Morgan fingerprint density at radius 3 is 2.62 bits per heavy atom. The van der Waals surface area contributed by atoms with Crippen molar-refractivity contribution in [1.29, 1.82) is 0 Å². The number of carboxylic acids is 2. The number of allylic oxidation sites excluding steroid dienone is 2. The van der Waals surface area contributed by atoms with Crippen LogP contribution < -0.4 is 16.4 Å². The molecule has 47 heavy (non-hydrogen) atoms. The molecule has 1 aromatic heterocycles. The number of hydrogen-bond acceptors (Lipinski definition) is 15. The Balaban J connectivity index is 1.50. The SMILES string of the molecule is C=CCON=C1CC(O)=C(O)C=C1C(=O)NCC1=C(C(=O)O)N2C(=O)C(NC(=O)/C(=N\OC(C)(C)C(=O)O)c3csc(N)n3)[C@@H]2SC1. The molecule has 0 spiro atoms. The topological polar surface area (TPSA) is 276 Å². The van der Waals surface area contributed by atoms with Crippen molar-refractivity contribution in [1.82, 2.24) is 20.5 Å². The first-order valence-electron chi connectivity index (χ1n) is 13.5. The second-order valence-electron chi connectivity index (χ2n) is 10.4. The number of thioether (sulfide) groups is 1. The van der Waals surface area contributed by atoms with Crippen LogP contribution in [0.5, 0.6) is 0 Å². The average Bonchev–Trinajstić information content (AvgIpc) is 3.45. The molecule has 0 aromatic carbocycles. The number of amides is 3. The molecule has 3 amide bonds. The Labute approximate surface area is 274 Å². The molecule has 0 radical (unpaired) electrons.